The quantitative estimate of drug-likeness (QED) is 0.539. The van der Waals surface area contributed by atoms with Gasteiger partial charge in [-0.25, -0.2) is 13.6 Å². The Labute approximate surface area is 153 Å². The van der Waals surface area contributed by atoms with Crippen molar-refractivity contribution in [2.45, 2.75) is 26.8 Å². The number of fused-ring (bicyclic) bond motifs is 1. The van der Waals surface area contributed by atoms with Crippen LogP contribution in [0.5, 0.6) is 5.75 Å². The molecule has 0 aliphatic carbocycles. The maximum absolute atomic E-state index is 13.7. The van der Waals surface area contributed by atoms with Crippen molar-refractivity contribution in [2.24, 2.45) is 0 Å². The van der Waals surface area contributed by atoms with Crippen LogP contribution in [0.3, 0.4) is 0 Å². The second kappa shape index (κ2) is 7.30. The highest BCUT2D eigenvalue weighted by Gasteiger charge is 2.26. The second-order valence-electron chi connectivity index (χ2n) is 5.86. The number of aryl methyl sites for hydroxylation is 1. The van der Waals surface area contributed by atoms with E-state index >= 15 is 0 Å². The minimum atomic E-state index is -1.75. The van der Waals surface area contributed by atoms with Gasteiger partial charge in [-0.15, -0.1) is 0 Å². The summed E-state index contributed by atoms with van der Waals surface area (Å²) in [6.45, 7) is 4.08. The number of aromatic hydroxyl groups is 1. The minimum absolute atomic E-state index is 0.146. The number of esters is 1. The van der Waals surface area contributed by atoms with Crippen LogP contribution in [-0.4, -0.2) is 27.2 Å². The van der Waals surface area contributed by atoms with Gasteiger partial charge < -0.3 is 14.4 Å². The number of carbonyl (C=O) groups is 1. The number of ether oxygens (including phenoxy) is 1. The monoisotopic (exact) mass is 378 g/mol. The number of phenols is 1. The third kappa shape index (κ3) is 3.11. The molecule has 1 N–H and O–H groups in total. The molecule has 8 heteroatoms. The van der Waals surface area contributed by atoms with Crippen LogP contribution in [0.1, 0.15) is 35.5 Å². The van der Waals surface area contributed by atoms with Crippen LogP contribution >= 0.6 is 0 Å². The molecule has 0 saturated carbocycles. The van der Waals surface area contributed by atoms with Crippen LogP contribution in [0, 0.1) is 17.5 Å². The van der Waals surface area contributed by atoms with E-state index in [-0.39, 0.29) is 24.3 Å². The standard InChI is InChI=1S/C19H17F3N2O3/c1-3-24-14-5-6-23-9-12(14)11(17(24)19(26)27-4-2)7-10-8-13(20)15(21)16(22)18(10)25/h5-6,8-9,25H,3-4,7H2,1-2H3. The molecule has 0 bridgehead atoms. The zero-order chi connectivity index (χ0) is 19.7. The number of nitrogens with zero attached hydrogens (tertiary/aromatic N) is 2. The SMILES string of the molecule is CCOC(=O)c1c(Cc2cc(F)c(F)c(F)c2O)c2cnccc2n1CC. The number of aromatic nitrogens is 2. The number of hydrogen-bond donors (Lipinski definition) is 1. The molecule has 0 radical (unpaired) electrons. The van der Waals surface area contributed by atoms with Crippen LogP contribution in [0.4, 0.5) is 13.2 Å². The summed E-state index contributed by atoms with van der Waals surface area (Å²) in [7, 11) is 0. The first-order valence-corrected chi connectivity index (χ1v) is 8.38. The average Bonchev–Trinajstić information content (AvgIpc) is 2.98. The molecule has 2 heterocycles. The van der Waals surface area contributed by atoms with E-state index < -0.39 is 29.2 Å². The largest absolute Gasteiger partial charge is 0.505 e. The molecule has 142 valence electrons. The molecule has 2 aromatic heterocycles. The summed E-state index contributed by atoms with van der Waals surface area (Å²) in [5, 5.41) is 10.5. The van der Waals surface area contributed by atoms with Crippen molar-refractivity contribution >= 4 is 16.9 Å². The van der Waals surface area contributed by atoms with Crippen molar-refractivity contribution in [2.75, 3.05) is 6.61 Å². The van der Waals surface area contributed by atoms with E-state index in [0.717, 1.165) is 0 Å². The van der Waals surface area contributed by atoms with Gasteiger partial charge >= 0.3 is 5.97 Å². The van der Waals surface area contributed by atoms with Gasteiger partial charge in [0.15, 0.2) is 17.4 Å². The summed E-state index contributed by atoms with van der Waals surface area (Å²) >= 11 is 0. The van der Waals surface area contributed by atoms with Gasteiger partial charge in [-0.3, -0.25) is 4.98 Å². The van der Waals surface area contributed by atoms with E-state index in [1.54, 1.807) is 23.8 Å². The molecule has 0 fully saturated rings. The van der Waals surface area contributed by atoms with Gasteiger partial charge in [-0.1, -0.05) is 0 Å². The highest BCUT2D eigenvalue weighted by molar-refractivity contribution is 5.99. The van der Waals surface area contributed by atoms with E-state index in [1.807, 2.05) is 6.92 Å². The molecule has 5 nitrogen and oxygen atoms in total. The van der Waals surface area contributed by atoms with E-state index in [2.05, 4.69) is 4.98 Å². The van der Waals surface area contributed by atoms with E-state index in [4.69, 9.17) is 4.74 Å². The number of pyridine rings is 1. The lowest BCUT2D eigenvalue weighted by Gasteiger charge is -2.11. The Kier molecular flexibility index (Phi) is 5.07. The van der Waals surface area contributed by atoms with Crippen LogP contribution < -0.4 is 0 Å². The van der Waals surface area contributed by atoms with Crippen LogP contribution in [0.25, 0.3) is 10.9 Å². The molecular formula is C19H17F3N2O3. The summed E-state index contributed by atoms with van der Waals surface area (Å²) in [5.41, 5.74) is 1.09. The molecule has 1 aromatic carbocycles. The number of phenolic OH excluding ortho intramolecular Hbond substituents is 1. The van der Waals surface area contributed by atoms with Crippen molar-refractivity contribution in [3.05, 3.63) is 58.8 Å². The second-order valence-corrected chi connectivity index (χ2v) is 5.86. The van der Waals surface area contributed by atoms with Gasteiger partial charge in [0.2, 0.25) is 5.82 Å². The molecule has 0 saturated heterocycles. The molecular weight excluding hydrogens is 361 g/mol. The molecule has 0 aliphatic heterocycles. The molecule has 27 heavy (non-hydrogen) atoms. The number of benzene rings is 1. The number of halogens is 3. The Morgan fingerprint density at radius 1 is 1.26 bits per heavy atom. The topological polar surface area (TPSA) is 64.3 Å². The third-order valence-corrected chi connectivity index (χ3v) is 4.34. The van der Waals surface area contributed by atoms with Crippen molar-refractivity contribution < 1.29 is 27.8 Å². The van der Waals surface area contributed by atoms with Gasteiger partial charge in [0, 0.05) is 36.3 Å². The number of carbonyl (C=O) groups excluding carboxylic acids is 1. The molecule has 0 atom stereocenters. The molecule has 3 aromatic rings. The molecule has 0 unspecified atom stereocenters. The highest BCUT2D eigenvalue weighted by atomic mass is 19.2. The lowest BCUT2D eigenvalue weighted by atomic mass is 10.0. The fourth-order valence-corrected chi connectivity index (χ4v) is 3.17. The Morgan fingerprint density at radius 2 is 2.00 bits per heavy atom. The fourth-order valence-electron chi connectivity index (χ4n) is 3.17. The van der Waals surface area contributed by atoms with Gasteiger partial charge in [-0.2, -0.15) is 4.39 Å². The van der Waals surface area contributed by atoms with Gasteiger partial charge in [0.25, 0.3) is 0 Å². The maximum atomic E-state index is 13.7. The molecule has 3 rings (SSSR count). The predicted molar refractivity (Wildman–Crippen MR) is 92.2 cm³/mol. The Hall–Kier alpha value is -3.03. The highest BCUT2D eigenvalue weighted by Crippen LogP contribution is 2.33. The summed E-state index contributed by atoms with van der Waals surface area (Å²) < 4.78 is 47.6. The summed E-state index contributed by atoms with van der Waals surface area (Å²) in [6.07, 6.45) is 2.87. The lowest BCUT2D eigenvalue weighted by molar-refractivity contribution is 0.0513. The Morgan fingerprint density at radius 3 is 2.67 bits per heavy atom. The molecule has 0 spiro atoms. The molecule has 0 aliphatic rings. The van der Waals surface area contributed by atoms with Crippen molar-refractivity contribution in [1.29, 1.82) is 0 Å². The lowest BCUT2D eigenvalue weighted by Crippen LogP contribution is -2.14. The van der Waals surface area contributed by atoms with Gasteiger partial charge in [0.05, 0.1) is 12.1 Å². The summed E-state index contributed by atoms with van der Waals surface area (Å²) in [5.74, 6) is -6.44. The Bertz CT molecular complexity index is 1030. The van der Waals surface area contributed by atoms with Crippen molar-refractivity contribution in [3.63, 3.8) is 0 Å². The van der Waals surface area contributed by atoms with Crippen molar-refractivity contribution in [1.82, 2.24) is 9.55 Å². The average molecular weight is 378 g/mol. The van der Waals surface area contributed by atoms with E-state index in [0.29, 0.717) is 29.1 Å². The predicted octanol–water partition coefficient (Wildman–Crippen LogP) is 3.95. The zero-order valence-electron chi connectivity index (χ0n) is 14.7. The summed E-state index contributed by atoms with van der Waals surface area (Å²) in [4.78, 5) is 16.6. The van der Waals surface area contributed by atoms with E-state index in [1.165, 1.54) is 6.20 Å². The van der Waals surface area contributed by atoms with Crippen LogP contribution in [-0.2, 0) is 17.7 Å². The third-order valence-electron chi connectivity index (χ3n) is 4.34. The zero-order valence-corrected chi connectivity index (χ0v) is 14.7. The first-order valence-electron chi connectivity index (χ1n) is 8.38. The van der Waals surface area contributed by atoms with Crippen LogP contribution in [0.15, 0.2) is 24.5 Å². The number of rotatable bonds is 5. The molecule has 0 amide bonds. The maximum Gasteiger partial charge on any atom is 0.355 e. The van der Waals surface area contributed by atoms with Gasteiger partial charge in [0.1, 0.15) is 5.69 Å². The minimum Gasteiger partial charge on any atom is -0.505 e. The summed E-state index contributed by atoms with van der Waals surface area (Å²) in [6, 6.07) is 2.42. The van der Waals surface area contributed by atoms with Gasteiger partial charge in [-0.05, 0) is 31.5 Å². The first-order chi connectivity index (χ1) is 12.9. The van der Waals surface area contributed by atoms with Crippen molar-refractivity contribution in [3.8, 4) is 5.75 Å². The number of hydrogen-bond acceptors (Lipinski definition) is 4. The smallest absolute Gasteiger partial charge is 0.355 e. The Balaban J connectivity index is 2.25. The van der Waals surface area contributed by atoms with E-state index in [9.17, 15) is 23.1 Å². The normalized spacial score (nSPS) is 11.1. The van der Waals surface area contributed by atoms with Crippen LogP contribution in [0.2, 0.25) is 0 Å². The first kappa shape index (κ1) is 18.8. The fraction of sp³-hybridized carbons (Fsp3) is 0.263.